The Hall–Kier alpha value is -1.72. The minimum atomic E-state index is -0.300. The maximum absolute atomic E-state index is 10.9. The lowest BCUT2D eigenvalue weighted by Crippen LogP contribution is -2.60. The highest BCUT2D eigenvalue weighted by Crippen LogP contribution is 2.00. The largest absolute Gasteiger partial charge is 0.458 e. The van der Waals surface area contributed by atoms with Crippen LogP contribution >= 0.6 is 12.2 Å². The van der Waals surface area contributed by atoms with Gasteiger partial charge >= 0.3 is 5.97 Å². The highest BCUT2D eigenvalue weighted by molar-refractivity contribution is 7.79. The van der Waals surface area contributed by atoms with E-state index in [1.54, 1.807) is 13.0 Å². The molecule has 0 radical (unpaired) electrons. The van der Waals surface area contributed by atoms with E-state index in [0.717, 1.165) is 5.56 Å². The normalized spacial score (nSPS) is 9.29. The Bertz CT molecular complexity index is 373. The molecule has 1 aromatic rings. The van der Waals surface area contributed by atoms with E-state index in [4.69, 9.17) is 10.5 Å². The van der Waals surface area contributed by atoms with Crippen molar-refractivity contribution in [3.8, 4) is 0 Å². The number of benzene rings is 1. The predicted molar refractivity (Wildman–Crippen MR) is 70.7 cm³/mol. The fourth-order valence-corrected chi connectivity index (χ4v) is 0.913. The zero-order valence-corrected chi connectivity index (χ0v) is 10.6. The Kier molecular flexibility index (Phi) is 8.54. The van der Waals surface area contributed by atoms with Gasteiger partial charge in [-0.3, -0.25) is 0 Å². The van der Waals surface area contributed by atoms with Crippen molar-refractivity contribution in [2.24, 2.45) is 5.73 Å². The summed E-state index contributed by atoms with van der Waals surface area (Å²) >= 11 is 4.20. The van der Waals surface area contributed by atoms with Crippen molar-refractivity contribution in [1.82, 2.24) is 0 Å². The lowest BCUT2D eigenvalue weighted by atomic mass is 10.2. The summed E-state index contributed by atoms with van der Waals surface area (Å²) in [7, 11) is 0. The molecule has 0 fully saturated rings. The lowest BCUT2D eigenvalue weighted by Gasteiger charge is -2.00. The van der Waals surface area contributed by atoms with Gasteiger partial charge in [0.25, 0.3) is 5.11 Å². The number of ether oxygens (including phenoxy) is 1. The van der Waals surface area contributed by atoms with Crippen LogP contribution in [0.4, 0.5) is 0 Å². The Balaban J connectivity index is 0.000000557. The third kappa shape index (κ3) is 10.6. The van der Waals surface area contributed by atoms with Gasteiger partial charge in [0.15, 0.2) is 0 Å². The van der Waals surface area contributed by atoms with Crippen LogP contribution in [0.3, 0.4) is 0 Å². The molecule has 0 aromatic heterocycles. The Morgan fingerprint density at radius 1 is 1.47 bits per heavy atom. The summed E-state index contributed by atoms with van der Waals surface area (Å²) in [6.45, 7) is 2.12. The maximum atomic E-state index is 10.9. The van der Waals surface area contributed by atoms with Crippen LogP contribution in [0.5, 0.6) is 0 Å². The third-order valence-corrected chi connectivity index (χ3v) is 1.53. The molecule has 0 atom stereocenters. The molecule has 0 heterocycles. The molecule has 0 aliphatic carbocycles. The fraction of sp³-hybridized carbons (Fsp3) is 0.167. The topological polar surface area (TPSA) is 80.0 Å². The molecule has 0 aliphatic heterocycles. The quantitative estimate of drug-likeness (QED) is 0.474. The highest BCUT2D eigenvalue weighted by Gasteiger charge is 1.96. The smallest absolute Gasteiger partial charge is 0.330 e. The van der Waals surface area contributed by atoms with Crippen LogP contribution in [0, 0.1) is 0 Å². The van der Waals surface area contributed by atoms with Gasteiger partial charge in [0, 0.05) is 18.3 Å². The fourth-order valence-electron chi connectivity index (χ4n) is 0.913. The molecular weight excluding hydrogens is 236 g/mol. The molecule has 92 valence electrons. The number of carbonyl (C=O) groups excluding carboxylic acids is 1. The number of carbonyl (C=O) groups is 1. The number of rotatable bonds is 3. The SMILES string of the molecule is C/C=C/C(=O)OCc1ccccc1.NC([NH3+])=S. The van der Waals surface area contributed by atoms with Gasteiger partial charge in [0.1, 0.15) is 6.61 Å². The number of esters is 1. The minimum absolute atomic E-state index is 0.250. The van der Waals surface area contributed by atoms with Crippen molar-refractivity contribution in [3.05, 3.63) is 48.0 Å². The average Bonchev–Trinajstić information content (AvgIpc) is 2.27. The van der Waals surface area contributed by atoms with Crippen LogP contribution < -0.4 is 11.5 Å². The summed E-state index contributed by atoms with van der Waals surface area (Å²) in [6.07, 6.45) is 3.07. The summed E-state index contributed by atoms with van der Waals surface area (Å²) in [5.74, 6) is -0.300. The van der Waals surface area contributed by atoms with Crippen molar-refractivity contribution in [3.63, 3.8) is 0 Å². The van der Waals surface area contributed by atoms with Crippen LogP contribution in [-0.4, -0.2) is 11.1 Å². The van der Waals surface area contributed by atoms with Crippen molar-refractivity contribution < 1.29 is 15.3 Å². The third-order valence-electron chi connectivity index (χ3n) is 1.53. The van der Waals surface area contributed by atoms with Gasteiger partial charge in [-0.25, -0.2) is 4.79 Å². The van der Waals surface area contributed by atoms with Crippen LogP contribution in [0.15, 0.2) is 42.5 Å². The van der Waals surface area contributed by atoms with Gasteiger partial charge < -0.3 is 16.2 Å². The number of hydrogen-bond acceptors (Lipinski definition) is 3. The number of nitrogens with two attached hydrogens (primary N) is 1. The Morgan fingerprint density at radius 3 is 2.47 bits per heavy atom. The molecule has 0 amide bonds. The van der Waals surface area contributed by atoms with E-state index in [2.05, 4.69) is 18.0 Å². The van der Waals surface area contributed by atoms with Gasteiger partial charge in [0.2, 0.25) is 0 Å². The summed E-state index contributed by atoms with van der Waals surface area (Å²) in [6, 6.07) is 9.60. The van der Waals surface area contributed by atoms with Crippen LogP contribution in [-0.2, 0) is 16.1 Å². The standard InChI is InChI=1S/C11H12O2.CH4N2S/c1-2-6-11(12)13-9-10-7-4-3-5-8-10;2-1(3)4/h2-8H,9H2,1H3;(H4,2,3,4)/p+1/b6-2+;. The van der Waals surface area contributed by atoms with Gasteiger partial charge in [-0.2, -0.15) is 0 Å². The molecule has 4 nitrogen and oxygen atoms in total. The molecule has 1 rings (SSSR count). The monoisotopic (exact) mass is 253 g/mol. The van der Waals surface area contributed by atoms with E-state index >= 15 is 0 Å². The second-order valence-electron chi connectivity index (χ2n) is 3.06. The molecule has 0 bridgehead atoms. The average molecular weight is 253 g/mol. The minimum Gasteiger partial charge on any atom is -0.458 e. The number of hydrogen-bond donors (Lipinski definition) is 2. The maximum Gasteiger partial charge on any atom is 0.330 e. The van der Waals surface area contributed by atoms with Crippen molar-refractivity contribution in [1.29, 1.82) is 0 Å². The highest BCUT2D eigenvalue weighted by atomic mass is 32.1. The molecular formula is C12H17N2O2S+. The summed E-state index contributed by atoms with van der Waals surface area (Å²) in [4.78, 5) is 10.9. The molecule has 17 heavy (non-hydrogen) atoms. The van der Waals surface area contributed by atoms with Crippen molar-refractivity contribution in [2.75, 3.05) is 0 Å². The predicted octanol–water partition coefficient (Wildman–Crippen LogP) is 0.778. The van der Waals surface area contributed by atoms with Crippen LogP contribution in [0.25, 0.3) is 0 Å². The van der Waals surface area contributed by atoms with Crippen LogP contribution in [0.2, 0.25) is 0 Å². The molecule has 5 N–H and O–H groups in total. The molecule has 0 aliphatic rings. The Labute approximate surface area is 106 Å². The number of quaternary nitrogens is 1. The number of thiocarbonyl (C=S) groups is 1. The van der Waals surface area contributed by atoms with Crippen molar-refractivity contribution >= 4 is 23.3 Å². The first kappa shape index (κ1) is 15.3. The van der Waals surface area contributed by atoms with E-state index in [1.807, 2.05) is 30.3 Å². The van der Waals surface area contributed by atoms with Gasteiger partial charge in [-0.15, -0.1) is 0 Å². The van der Waals surface area contributed by atoms with Gasteiger partial charge in [0.05, 0.1) is 0 Å². The zero-order chi connectivity index (χ0) is 13.1. The van der Waals surface area contributed by atoms with Crippen LogP contribution in [0.1, 0.15) is 12.5 Å². The zero-order valence-electron chi connectivity index (χ0n) is 9.76. The molecule has 0 saturated heterocycles. The second-order valence-corrected chi connectivity index (χ2v) is 3.58. The van der Waals surface area contributed by atoms with E-state index in [0.29, 0.717) is 6.61 Å². The van der Waals surface area contributed by atoms with Crippen molar-refractivity contribution in [2.45, 2.75) is 13.5 Å². The summed E-state index contributed by atoms with van der Waals surface area (Å²) in [5, 5.41) is 0.250. The first-order valence-corrected chi connectivity index (χ1v) is 5.42. The van der Waals surface area contributed by atoms with Gasteiger partial charge in [-0.05, 0) is 12.5 Å². The molecule has 0 saturated carbocycles. The Morgan fingerprint density at radius 2 is 2.00 bits per heavy atom. The van der Waals surface area contributed by atoms with E-state index in [9.17, 15) is 4.79 Å². The summed E-state index contributed by atoms with van der Waals surface area (Å²) in [5.41, 5.74) is 8.88. The second kappa shape index (κ2) is 9.50. The molecule has 5 heteroatoms. The van der Waals surface area contributed by atoms with E-state index < -0.39 is 0 Å². The van der Waals surface area contributed by atoms with Gasteiger partial charge in [-0.1, -0.05) is 36.4 Å². The molecule has 0 spiro atoms. The van der Waals surface area contributed by atoms with E-state index in [1.165, 1.54) is 6.08 Å². The summed E-state index contributed by atoms with van der Waals surface area (Å²) < 4.78 is 4.94. The molecule has 0 unspecified atom stereocenters. The molecule has 1 aromatic carbocycles. The number of allylic oxidation sites excluding steroid dienone is 1. The first-order valence-electron chi connectivity index (χ1n) is 5.01. The lowest BCUT2D eigenvalue weighted by molar-refractivity contribution is -0.210. The van der Waals surface area contributed by atoms with E-state index in [-0.39, 0.29) is 11.1 Å². The first-order chi connectivity index (χ1) is 8.06.